The number of para-hydroxylation sites is 1. The van der Waals surface area contributed by atoms with E-state index in [1.54, 1.807) is 0 Å². The van der Waals surface area contributed by atoms with Crippen LogP contribution in [0, 0.1) is 12.8 Å². The van der Waals surface area contributed by atoms with Gasteiger partial charge in [0, 0.05) is 17.5 Å². The van der Waals surface area contributed by atoms with E-state index in [-0.39, 0.29) is 0 Å². The molecule has 0 spiro atoms. The molecule has 1 aromatic heterocycles. The average Bonchev–Trinajstić information content (AvgIpc) is 3.31. The van der Waals surface area contributed by atoms with Crippen molar-refractivity contribution in [3.05, 3.63) is 137 Å². The minimum atomic E-state index is 0.485. The third-order valence-corrected chi connectivity index (χ3v) is 8.26. The summed E-state index contributed by atoms with van der Waals surface area (Å²) in [4.78, 5) is 0. The standard InChI is InChI=1S/C40H39NO/c1-5-7-8-14-28(3)27-31-15-11-19-35(34(31)13-6-2)30-22-24-32(25-23-30)41-37-20-10-9-18-36(37)39-38(41)26-21-29(4)40(39)42-33-16-12-17-33/h5,7-12,14-15,18-26,28H,6,13,16,27H2,1-4H3/b7-5-,14-8-. The van der Waals surface area contributed by atoms with Crippen LogP contribution in [0.4, 0.5) is 0 Å². The molecule has 1 aliphatic carbocycles. The number of aryl methyl sites for hydroxylation is 1. The summed E-state index contributed by atoms with van der Waals surface area (Å²) in [5, 5.41) is 2.36. The molecule has 1 heterocycles. The molecule has 1 atom stereocenters. The van der Waals surface area contributed by atoms with Gasteiger partial charge in [0.15, 0.2) is 5.76 Å². The summed E-state index contributed by atoms with van der Waals surface area (Å²) in [6.45, 7) is 8.77. The first-order valence-electron chi connectivity index (χ1n) is 15.2. The monoisotopic (exact) mass is 549 g/mol. The summed E-state index contributed by atoms with van der Waals surface area (Å²) in [7, 11) is 0. The lowest BCUT2D eigenvalue weighted by Gasteiger charge is -2.17. The summed E-state index contributed by atoms with van der Waals surface area (Å²) in [5.74, 6) is 2.32. The van der Waals surface area contributed by atoms with Gasteiger partial charge in [-0.25, -0.2) is 0 Å². The Morgan fingerprint density at radius 1 is 0.929 bits per heavy atom. The van der Waals surface area contributed by atoms with Crippen molar-refractivity contribution in [2.45, 2.75) is 53.4 Å². The normalized spacial score (nSPS) is 13.8. The first-order valence-corrected chi connectivity index (χ1v) is 15.2. The SMILES string of the molecule is C/C=C\C=C/C(C)Cc1cccc(-c2ccc(-n3c4ccccc4c4c(OC5=C=CC5)c(C)ccc43)cc2)c1CCC. The van der Waals surface area contributed by atoms with E-state index in [0.29, 0.717) is 5.92 Å². The summed E-state index contributed by atoms with van der Waals surface area (Å²) in [6.07, 6.45) is 14.8. The molecule has 0 fully saturated rings. The fraction of sp³-hybridized carbons (Fsp3) is 0.225. The molecule has 4 aromatic carbocycles. The smallest absolute Gasteiger partial charge is 0.150 e. The zero-order valence-corrected chi connectivity index (χ0v) is 25.2. The lowest BCUT2D eigenvalue weighted by molar-refractivity contribution is 0.411. The molecule has 1 aliphatic rings. The second-order valence-corrected chi connectivity index (χ2v) is 11.4. The van der Waals surface area contributed by atoms with Crippen molar-refractivity contribution in [2.24, 2.45) is 5.92 Å². The average molecular weight is 550 g/mol. The first-order chi connectivity index (χ1) is 20.6. The van der Waals surface area contributed by atoms with Gasteiger partial charge in [0.1, 0.15) is 5.75 Å². The van der Waals surface area contributed by atoms with Gasteiger partial charge in [-0.2, -0.15) is 0 Å². The molecule has 2 heteroatoms. The van der Waals surface area contributed by atoms with E-state index in [1.807, 2.05) is 6.08 Å². The Morgan fingerprint density at radius 2 is 1.74 bits per heavy atom. The lowest BCUT2D eigenvalue weighted by atomic mass is 9.88. The number of fused-ring (bicyclic) bond motifs is 3. The maximum absolute atomic E-state index is 6.38. The van der Waals surface area contributed by atoms with Crippen LogP contribution in [0.1, 0.15) is 50.3 Å². The minimum Gasteiger partial charge on any atom is -0.452 e. The van der Waals surface area contributed by atoms with Crippen LogP contribution in [0.5, 0.6) is 5.75 Å². The Hall–Kier alpha value is -4.52. The van der Waals surface area contributed by atoms with Gasteiger partial charge in [-0.05, 0) is 90.8 Å². The number of benzene rings is 4. The van der Waals surface area contributed by atoms with E-state index in [0.717, 1.165) is 59.3 Å². The number of rotatable bonds is 10. The van der Waals surface area contributed by atoms with Crippen LogP contribution in [0.3, 0.4) is 0 Å². The van der Waals surface area contributed by atoms with Gasteiger partial charge >= 0.3 is 0 Å². The van der Waals surface area contributed by atoms with Crippen LogP contribution in [0.2, 0.25) is 0 Å². The van der Waals surface area contributed by atoms with Crippen LogP contribution in [0.25, 0.3) is 38.6 Å². The van der Waals surface area contributed by atoms with Gasteiger partial charge in [-0.15, -0.1) is 0 Å². The number of aromatic nitrogens is 1. The van der Waals surface area contributed by atoms with Crippen molar-refractivity contribution in [1.29, 1.82) is 0 Å². The number of hydrogen-bond donors (Lipinski definition) is 0. The van der Waals surface area contributed by atoms with Gasteiger partial charge in [0.2, 0.25) is 0 Å². The Balaban J connectivity index is 1.41. The van der Waals surface area contributed by atoms with Crippen molar-refractivity contribution >= 4 is 21.8 Å². The number of ether oxygens (including phenoxy) is 1. The van der Waals surface area contributed by atoms with Gasteiger partial charge in [-0.1, -0.05) is 105 Å². The summed E-state index contributed by atoms with van der Waals surface area (Å²) < 4.78 is 8.75. The van der Waals surface area contributed by atoms with Crippen LogP contribution < -0.4 is 4.74 Å². The van der Waals surface area contributed by atoms with Crippen molar-refractivity contribution in [3.8, 4) is 22.6 Å². The van der Waals surface area contributed by atoms with Crippen LogP contribution in [-0.2, 0) is 12.8 Å². The molecule has 5 aromatic rings. The molecule has 0 radical (unpaired) electrons. The van der Waals surface area contributed by atoms with Crippen molar-refractivity contribution in [2.75, 3.05) is 0 Å². The maximum Gasteiger partial charge on any atom is 0.150 e. The van der Waals surface area contributed by atoms with E-state index in [4.69, 9.17) is 4.74 Å². The van der Waals surface area contributed by atoms with E-state index >= 15 is 0 Å². The Labute approximate surface area is 250 Å². The quantitative estimate of drug-likeness (QED) is 0.125. The molecule has 210 valence electrons. The third-order valence-electron chi connectivity index (χ3n) is 8.26. The number of allylic oxidation sites excluding steroid dienone is 4. The zero-order chi connectivity index (χ0) is 29.1. The van der Waals surface area contributed by atoms with E-state index < -0.39 is 0 Å². The number of hydrogen-bond acceptors (Lipinski definition) is 1. The molecule has 2 nitrogen and oxygen atoms in total. The molecular formula is C40H39NO. The second kappa shape index (κ2) is 12.1. The summed E-state index contributed by atoms with van der Waals surface area (Å²) in [5.41, 5.74) is 13.4. The summed E-state index contributed by atoms with van der Waals surface area (Å²) in [6, 6.07) is 29.0. The van der Waals surface area contributed by atoms with Gasteiger partial charge in [0.25, 0.3) is 0 Å². The Morgan fingerprint density at radius 3 is 2.48 bits per heavy atom. The molecule has 42 heavy (non-hydrogen) atoms. The van der Waals surface area contributed by atoms with Crippen LogP contribution >= 0.6 is 0 Å². The topological polar surface area (TPSA) is 14.2 Å². The van der Waals surface area contributed by atoms with Crippen molar-refractivity contribution < 1.29 is 4.74 Å². The van der Waals surface area contributed by atoms with E-state index in [9.17, 15) is 0 Å². The molecule has 0 amide bonds. The Kier molecular flexibility index (Phi) is 8.00. The highest BCUT2D eigenvalue weighted by atomic mass is 16.5. The fourth-order valence-electron chi connectivity index (χ4n) is 6.13. The van der Waals surface area contributed by atoms with E-state index in [2.05, 4.69) is 141 Å². The highest BCUT2D eigenvalue weighted by molar-refractivity contribution is 6.12. The maximum atomic E-state index is 6.38. The molecule has 0 saturated heterocycles. The highest BCUT2D eigenvalue weighted by Gasteiger charge is 2.19. The van der Waals surface area contributed by atoms with Crippen molar-refractivity contribution in [1.82, 2.24) is 4.57 Å². The molecular weight excluding hydrogens is 510 g/mol. The second-order valence-electron chi connectivity index (χ2n) is 11.4. The fourth-order valence-corrected chi connectivity index (χ4v) is 6.13. The van der Waals surface area contributed by atoms with Gasteiger partial charge < -0.3 is 9.30 Å². The molecule has 6 rings (SSSR count). The predicted octanol–water partition coefficient (Wildman–Crippen LogP) is 10.8. The minimum absolute atomic E-state index is 0.485. The Bertz CT molecular complexity index is 1870. The molecule has 0 aliphatic heterocycles. The number of nitrogens with zero attached hydrogens (tertiary/aromatic N) is 1. The first kappa shape index (κ1) is 27.6. The van der Waals surface area contributed by atoms with Crippen molar-refractivity contribution in [3.63, 3.8) is 0 Å². The molecule has 0 saturated carbocycles. The lowest BCUT2D eigenvalue weighted by Crippen LogP contribution is -2.03. The molecule has 1 unspecified atom stereocenters. The van der Waals surface area contributed by atoms with Crippen LogP contribution in [-0.4, -0.2) is 4.57 Å². The van der Waals surface area contributed by atoms with Gasteiger partial charge in [0.05, 0.1) is 16.4 Å². The zero-order valence-electron chi connectivity index (χ0n) is 25.2. The third kappa shape index (κ3) is 5.27. The largest absolute Gasteiger partial charge is 0.452 e. The predicted molar refractivity (Wildman–Crippen MR) is 179 cm³/mol. The van der Waals surface area contributed by atoms with Crippen LogP contribution in [0.15, 0.2) is 121 Å². The molecule has 0 N–H and O–H groups in total. The summed E-state index contributed by atoms with van der Waals surface area (Å²) >= 11 is 0. The van der Waals surface area contributed by atoms with Gasteiger partial charge in [-0.3, -0.25) is 0 Å². The highest BCUT2D eigenvalue weighted by Crippen LogP contribution is 2.41. The van der Waals surface area contributed by atoms with E-state index in [1.165, 1.54) is 33.2 Å². The molecule has 0 bridgehead atoms.